The first-order chi connectivity index (χ1) is 9.28. The molecule has 3 rings (SSSR count). The van der Waals surface area contributed by atoms with Crippen LogP contribution in [0.2, 0.25) is 0 Å². The summed E-state index contributed by atoms with van der Waals surface area (Å²) in [5.74, 6) is 0.774. The fourth-order valence-electron chi connectivity index (χ4n) is 2.92. The van der Waals surface area contributed by atoms with E-state index in [1.807, 2.05) is 24.3 Å². The van der Waals surface area contributed by atoms with Gasteiger partial charge in [-0.25, -0.2) is 0 Å². The SMILES string of the molecule is CC1CCC(Nc2c(C#N)cnc3ccccc23)C1. The van der Waals surface area contributed by atoms with Gasteiger partial charge in [0.15, 0.2) is 0 Å². The highest BCUT2D eigenvalue weighted by molar-refractivity contribution is 5.93. The average molecular weight is 251 g/mol. The molecule has 0 radical (unpaired) electrons. The van der Waals surface area contributed by atoms with E-state index < -0.39 is 0 Å². The van der Waals surface area contributed by atoms with Gasteiger partial charge in [-0.15, -0.1) is 0 Å². The van der Waals surface area contributed by atoms with Gasteiger partial charge in [-0.05, 0) is 31.2 Å². The second-order valence-electron chi connectivity index (χ2n) is 5.44. The number of hydrogen-bond acceptors (Lipinski definition) is 3. The van der Waals surface area contributed by atoms with Gasteiger partial charge in [0.25, 0.3) is 0 Å². The maximum Gasteiger partial charge on any atom is 0.103 e. The zero-order chi connectivity index (χ0) is 13.2. The van der Waals surface area contributed by atoms with Crippen LogP contribution in [-0.2, 0) is 0 Å². The van der Waals surface area contributed by atoms with Crippen molar-refractivity contribution >= 4 is 16.6 Å². The lowest BCUT2D eigenvalue weighted by Crippen LogP contribution is -2.16. The lowest BCUT2D eigenvalue weighted by atomic mass is 10.1. The second-order valence-corrected chi connectivity index (χ2v) is 5.44. The molecule has 19 heavy (non-hydrogen) atoms. The summed E-state index contributed by atoms with van der Waals surface area (Å²) < 4.78 is 0. The molecule has 1 aromatic carbocycles. The van der Waals surface area contributed by atoms with Crippen molar-refractivity contribution in [1.29, 1.82) is 5.26 Å². The Kier molecular flexibility index (Phi) is 3.08. The number of rotatable bonds is 2. The fourth-order valence-corrected chi connectivity index (χ4v) is 2.92. The number of pyridine rings is 1. The third kappa shape index (κ3) is 2.26. The molecule has 1 aromatic heterocycles. The predicted octanol–water partition coefficient (Wildman–Crippen LogP) is 3.71. The Balaban J connectivity index is 2.03. The molecule has 0 amide bonds. The van der Waals surface area contributed by atoms with Crippen LogP contribution < -0.4 is 5.32 Å². The van der Waals surface area contributed by atoms with Gasteiger partial charge in [0, 0.05) is 17.6 Å². The molecule has 0 saturated heterocycles. The van der Waals surface area contributed by atoms with Crippen LogP contribution in [0.5, 0.6) is 0 Å². The first-order valence-electron chi connectivity index (χ1n) is 6.82. The van der Waals surface area contributed by atoms with E-state index in [1.165, 1.54) is 19.3 Å². The molecule has 1 heterocycles. The minimum Gasteiger partial charge on any atom is -0.381 e. The molecule has 1 N–H and O–H groups in total. The topological polar surface area (TPSA) is 48.7 Å². The van der Waals surface area contributed by atoms with E-state index in [-0.39, 0.29) is 0 Å². The summed E-state index contributed by atoms with van der Waals surface area (Å²) >= 11 is 0. The minimum atomic E-state index is 0.480. The maximum absolute atomic E-state index is 9.27. The zero-order valence-corrected chi connectivity index (χ0v) is 11.1. The van der Waals surface area contributed by atoms with Crippen LogP contribution in [0.1, 0.15) is 31.7 Å². The van der Waals surface area contributed by atoms with Crippen LogP contribution in [0.4, 0.5) is 5.69 Å². The fraction of sp³-hybridized carbons (Fsp3) is 0.375. The van der Waals surface area contributed by atoms with Crippen molar-refractivity contribution in [3.8, 4) is 6.07 Å². The Morgan fingerprint density at radius 3 is 2.89 bits per heavy atom. The highest BCUT2D eigenvalue weighted by atomic mass is 14.9. The number of nitrogens with zero attached hydrogens (tertiary/aromatic N) is 2. The van der Waals surface area contributed by atoms with Crippen molar-refractivity contribution in [1.82, 2.24) is 4.98 Å². The molecule has 2 unspecified atom stereocenters. The molecule has 0 bridgehead atoms. The van der Waals surface area contributed by atoms with Gasteiger partial charge < -0.3 is 5.32 Å². The number of aromatic nitrogens is 1. The Bertz CT molecular complexity index is 642. The molecule has 2 atom stereocenters. The highest BCUT2D eigenvalue weighted by Crippen LogP contribution is 2.31. The van der Waals surface area contributed by atoms with Gasteiger partial charge in [0.2, 0.25) is 0 Å². The number of hydrogen-bond donors (Lipinski definition) is 1. The van der Waals surface area contributed by atoms with Crippen molar-refractivity contribution in [2.75, 3.05) is 5.32 Å². The van der Waals surface area contributed by atoms with Gasteiger partial charge in [-0.2, -0.15) is 5.26 Å². The molecule has 3 nitrogen and oxygen atoms in total. The number of anilines is 1. The van der Waals surface area contributed by atoms with Gasteiger partial charge in [-0.3, -0.25) is 4.98 Å². The quantitative estimate of drug-likeness (QED) is 0.885. The maximum atomic E-state index is 9.27. The van der Waals surface area contributed by atoms with Crippen LogP contribution in [0.3, 0.4) is 0 Å². The summed E-state index contributed by atoms with van der Waals surface area (Å²) in [5.41, 5.74) is 2.53. The molecule has 1 saturated carbocycles. The molecular formula is C16H17N3. The van der Waals surface area contributed by atoms with E-state index in [2.05, 4.69) is 23.3 Å². The molecule has 1 fully saturated rings. The van der Waals surface area contributed by atoms with E-state index in [1.54, 1.807) is 6.20 Å². The second kappa shape index (κ2) is 4.89. The van der Waals surface area contributed by atoms with E-state index in [9.17, 15) is 5.26 Å². The molecule has 96 valence electrons. The lowest BCUT2D eigenvalue weighted by Gasteiger charge is -2.17. The molecule has 2 aromatic rings. The number of fused-ring (bicyclic) bond motifs is 1. The third-order valence-electron chi connectivity index (χ3n) is 3.94. The van der Waals surface area contributed by atoms with Crippen LogP contribution in [0.15, 0.2) is 30.5 Å². The summed E-state index contributed by atoms with van der Waals surface area (Å²) in [7, 11) is 0. The van der Waals surface area contributed by atoms with E-state index in [0.717, 1.165) is 22.5 Å². The summed E-state index contributed by atoms with van der Waals surface area (Å²) in [4.78, 5) is 4.34. The predicted molar refractivity (Wildman–Crippen MR) is 76.9 cm³/mol. The average Bonchev–Trinajstić information content (AvgIpc) is 2.85. The molecule has 0 aliphatic heterocycles. The largest absolute Gasteiger partial charge is 0.381 e. The monoisotopic (exact) mass is 251 g/mol. The van der Waals surface area contributed by atoms with Gasteiger partial charge in [0.1, 0.15) is 6.07 Å². The number of benzene rings is 1. The first kappa shape index (κ1) is 12.0. The Morgan fingerprint density at radius 1 is 1.32 bits per heavy atom. The lowest BCUT2D eigenvalue weighted by molar-refractivity contribution is 0.603. The summed E-state index contributed by atoms with van der Waals surface area (Å²) in [6.45, 7) is 2.29. The Hall–Kier alpha value is -2.08. The number of para-hydroxylation sites is 1. The van der Waals surface area contributed by atoms with Crippen LogP contribution >= 0.6 is 0 Å². The van der Waals surface area contributed by atoms with Crippen LogP contribution in [-0.4, -0.2) is 11.0 Å². The third-order valence-corrected chi connectivity index (χ3v) is 3.94. The molecule has 0 spiro atoms. The minimum absolute atomic E-state index is 0.480. The van der Waals surface area contributed by atoms with Crippen molar-refractivity contribution in [2.24, 2.45) is 5.92 Å². The highest BCUT2D eigenvalue weighted by Gasteiger charge is 2.22. The summed E-state index contributed by atoms with van der Waals surface area (Å²) in [6, 6.07) is 10.7. The van der Waals surface area contributed by atoms with E-state index in [4.69, 9.17) is 0 Å². The van der Waals surface area contributed by atoms with Gasteiger partial charge >= 0.3 is 0 Å². The Morgan fingerprint density at radius 2 is 2.16 bits per heavy atom. The van der Waals surface area contributed by atoms with Gasteiger partial charge in [-0.1, -0.05) is 25.1 Å². The van der Waals surface area contributed by atoms with Crippen molar-refractivity contribution in [3.05, 3.63) is 36.0 Å². The molecule has 1 aliphatic carbocycles. The standard InChI is InChI=1S/C16H17N3/c1-11-6-7-13(8-11)19-16-12(9-17)10-18-15-5-3-2-4-14(15)16/h2-5,10-11,13H,6-8H2,1H3,(H,18,19). The van der Waals surface area contributed by atoms with E-state index in [0.29, 0.717) is 11.6 Å². The first-order valence-corrected chi connectivity index (χ1v) is 6.82. The number of nitrogens with one attached hydrogen (secondary N) is 1. The van der Waals surface area contributed by atoms with Crippen molar-refractivity contribution < 1.29 is 0 Å². The number of nitriles is 1. The van der Waals surface area contributed by atoms with Crippen LogP contribution in [0, 0.1) is 17.2 Å². The normalized spacial score (nSPS) is 22.3. The zero-order valence-electron chi connectivity index (χ0n) is 11.1. The van der Waals surface area contributed by atoms with Gasteiger partial charge in [0.05, 0.1) is 16.8 Å². The summed E-state index contributed by atoms with van der Waals surface area (Å²) in [6.07, 6.45) is 5.30. The van der Waals surface area contributed by atoms with E-state index >= 15 is 0 Å². The molecular weight excluding hydrogens is 234 g/mol. The molecule has 1 aliphatic rings. The van der Waals surface area contributed by atoms with Crippen molar-refractivity contribution in [2.45, 2.75) is 32.2 Å². The smallest absolute Gasteiger partial charge is 0.103 e. The van der Waals surface area contributed by atoms with Crippen LogP contribution in [0.25, 0.3) is 10.9 Å². The van der Waals surface area contributed by atoms with Crippen molar-refractivity contribution in [3.63, 3.8) is 0 Å². The summed E-state index contributed by atoms with van der Waals surface area (Å²) in [5, 5.41) is 13.9. The molecule has 3 heteroatoms. The Labute approximate surface area is 113 Å².